The fourth-order valence-corrected chi connectivity index (χ4v) is 3.93. The zero-order chi connectivity index (χ0) is 18.9. The molecular weight excluding hydrogens is 405 g/mol. The van der Waals surface area contributed by atoms with E-state index >= 15 is 0 Å². The van der Waals surface area contributed by atoms with Gasteiger partial charge >= 0.3 is 0 Å². The summed E-state index contributed by atoms with van der Waals surface area (Å²) >= 11 is 6.93. The maximum absolute atomic E-state index is 14.2. The van der Waals surface area contributed by atoms with E-state index in [1.807, 2.05) is 10.3 Å². The molecule has 3 aromatic rings. The van der Waals surface area contributed by atoms with E-state index in [-0.39, 0.29) is 10.0 Å². The van der Waals surface area contributed by atoms with Gasteiger partial charge in [-0.1, -0.05) is 11.6 Å². The van der Waals surface area contributed by atoms with Crippen molar-refractivity contribution < 1.29 is 17.6 Å². The molecule has 3 rings (SSSR count). The first-order valence-corrected chi connectivity index (χ1v) is 9.76. The number of sulfonamides is 1. The van der Waals surface area contributed by atoms with Crippen LogP contribution in [0.15, 0.2) is 40.6 Å². The number of halogens is 2. The average molecular weight is 416 g/mol. The Morgan fingerprint density at radius 2 is 2.12 bits per heavy atom. The van der Waals surface area contributed by atoms with E-state index in [1.54, 1.807) is 17.8 Å². The molecule has 0 aliphatic heterocycles. The smallest absolute Gasteiger partial charge is 0.275 e. The zero-order valence-electron chi connectivity index (χ0n) is 13.1. The van der Waals surface area contributed by atoms with E-state index in [0.29, 0.717) is 11.3 Å². The molecule has 0 atom stereocenters. The Bertz CT molecular complexity index is 1070. The summed E-state index contributed by atoms with van der Waals surface area (Å²) in [5, 5.41) is 0.734. The number of hydrogen-bond donors (Lipinski definition) is 2. The monoisotopic (exact) mass is 415 g/mol. The van der Waals surface area contributed by atoms with Gasteiger partial charge in [-0.15, -0.1) is 16.2 Å². The van der Waals surface area contributed by atoms with Crippen LogP contribution in [-0.4, -0.2) is 28.9 Å². The van der Waals surface area contributed by atoms with Crippen molar-refractivity contribution in [2.75, 3.05) is 0 Å². The summed E-state index contributed by atoms with van der Waals surface area (Å²) in [5.74, 6) is -1.99. The van der Waals surface area contributed by atoms with Crippen molar-refractivity contribution in [3.63, 3.8) is 0 Å². The minimum Gasteiger partial charge on any atom is -0.340 e. The standard InChI is InChI=1S/C14H11ClFN5O3S2/c1-21-4-11(17-6-21)8-2-9(13(16)10(15)3-8)14(22)19-20-26(23,24)12-5-25-7-18-12/h2-7,20H,1H3,(H,19,22). The third-order valence-electron chi connectivity index (χ3n) is 3.26. The van der Waals surface area contributed by atoms with E-state index in [9.17, 15) is 17.6 Å². The van der Waals surface area contributed by atoms with Crippen LogP contribution >= 0.6 is 22.9 Å². The third-order valence-corrected chi connectivity index (χ3v) is 5.41. The predicted octanol–water partition coefficient (Wildman–Crippen LogP) is 1.96. The van der Waals surface area contributed by atoms with Gasteiger partial charge in [0.25, 0.3) is 15.9 Å². The van der Waals surface area contributed by atoms with Crippen LogP contribution in [0.25, 0.3) is 11.3 Å². The summed E-state index contributed by atoms with van der Waals surface area (Å²) in [6, 6.07) is 2.56. The highest BCUT2D eigenvalue weighted by Crippen LogP contribution is 2.27. The van der Waals surface area contributed by atoms with Gasteiger partial charge in [0.15, 0.2) is 10.8 Å². The second-order valence-corrected chi connectivity index (χ2v) is 7.89. The number of nitrogens with one attached hydrogen (secondary N) is 2. The summed E-state index contributed by atoms with van der Waals surface area (Å²) in [5.41, 5.74) is 3.72. The first kappa shape index (κ1) is 18.5. The lowest BCUT2D eigenvalue weighted by Gasteiger charge is -2.09. The molecule has 0 aliphatic carbocycles. The van der Waals surface area contributed by atoms with Crippen LogP contribution in [0.4, 0.5) is 4.39 Å². The van der Waals surface area contributed by atoms with E-state index in [0.717, 1.165) is 11.3 Å². The molecule has 1 aromatic carbocycles. The summed E-state index contributed by atoms with van der Waals surface area (Å²) < 4.78 is 39.8. The molecule has 2 N–H and O–H groups in total. The normalized spacial score (nSPS) is 11.5. The van der Waals surface area contributed by atoms with Crippen LogP contribution in [0.3, 0.4) is 0 Å². The van der Waals surface area contributed by atoms with Crippen molar-refractivity contribution >= 4 is 38.9 Å². The lowest BCUT2D eigenvalue weighted by Crippen LogP contribution is -2.42. The van der Waals surface area contributed by atoms with Crippen molar-refractivity contribution in [3.05, 3.63) is 52.0 Å². The number of imidazole rings is 1. The summed E-state index contributed by atoms with van der Waals surface area (Å²) in [7, 11) is -2.30. The maximum Gasteiger partial charge on any atom is 0.275 e. The van der Waals surface area contributed by atoms with Crippen LogP contribution in [-0.2, 0) is 17.1 Å². The van der Waals surface area contributed by atoms with E-state index in [4.69, 9.17) is 11.6 Å². The second-order valence-electron chi connectivity index (χ2n) is 5.13. The van der Waals surface area contributed by atoms with Crippen molar-refractivity contribution in [1.29, 1.82) is 0 Å². The topological polar surface area (TPSA) is 106 Å². The van der Waals surface area contributed by atoms with Crippen molar-refractivity contribution in [2.24, 2.45) is 7.05 Å². The van der Waals surface area contributed by atoms with Crippen molar-refractivity contribution in [1.82, 2.24) is 24.8 Å². The molecule has 0 saturated carbocycles. The maximum atomic E-state index is 14.2. The molecule has 2 heterocycles. The number of aromatic nitrogens is 3. The second kappa shape index (κ2) is 7.11. The van der Waals surface area contributed by atoms with Gasteiger partial charge in [0.05, 0.1) is 28.1 Å². The number of hydrogen-bond acceptors (Lipinski definition) is 6. The summed E-state index contributed by atoms with van der Waals surface area (Å²) in [4.78, 5) is 21.8. The van der Waals surface area contributed by atoms with Gasteiger partial charge in [0, 0.05) is 24.2 Å². The third kappa shape index (κ3) is 3.75. The Balaban J connectivity index is 1.86. The predicted molar refractivity (Wildman–Crippen MR) is 93.5 cm³/mol. The van der Waals surface area contributed by atoms with Gasteiger partial charge in [0.1, 0.15) is 0 Å². The van der Waals surface area contributed by atoms with Gasteiger partial charge < -0.3 is 4.57 Å². The Morgan fingerprint density at radius 1 is 1.35 bits per heavy atom. The average Bonchev–Trinajstić information content (AvgIpc) is 3.27. The van der Waals surface area contributed by atoms with Crippen molar-refractivity contribution in [3.8, 4) is 11.3 Å². The van der Waals surface area contributed by atoms with Crippen LogP contribution in [0.2, 0.25) is 5.02 Å². The first-order valence-electron chi connectivity index (χ1n) is 6.95. The highest BCUT2D eigenvalue weighted by atomic mass is 35.5. The van der Waals surface area contributed by atoms with Crippen LogP contribution in [0.1, 0.15) is 10.4 Å². The summed E-state index contributed by atoms with van der Waals surface area (Å²) in [6.07, 6.45) is 3.20. The Morgan fingerprint density at radius 3 is 2.73 bits per heavy atom. The molecular formula is C14H11ClFN5O3S2. The quantitative estimate of drug-likeness (QED) is 0.619. The number of rotatable bonds is 5. The number of amides is 1. The molecule has 1 amide bonds. The lowest BCUT2D eigenvalue weighted by molar-refractivity contribution is 0.0941. The number of aryl methyl sites for hydroxylation is 1. The fourth-order valence-electron chi connectivity index (χ4n) is 2.03. The Hall–Kier alpha value is -2.34. The molecule has 0 bridgehead atoms. The van der Waals surface area contributed by atoms with Gasteiger partial charge in [-0.3, -0.25) is 10.2 Å². The number of hydrazine groups is 1. The largest absolute Gasteiger partial charge is 0.340 e. The molecule has 0 aliphatic rings. The Kier molecular flexibility index (Phi) is 5.05. The number of nitrogens with zero attached hydrogens (tertiary/aromatic N) is 3. The van der Waals surface area contributed by atoms with Crippen LogP contribution in [0.5, 0.6) is 0 Å². The van der Waals surface area contributed by atoms with Gasteiger partial charge in [-0.05, 0) is 12.1 Å². The van der Waals surface area contributed by atoms with Crippen molar-refractivity contribution in [2.45, 2.75) is 5.03 Å². The van der Waals surface area contributed by atoms with Gasteiger partial charge in [-0.25, -0.2) is 22.8 Å². The number of carbonyl (C=O) groups is 1. The van der Waals surface area contributed by atoms with Crippen LogP contribution < -0.4 is 10.3 Å². The minimum absolute atomic E-state index is 0.261. The number of carbonyl (C=O) groups excluding carboxylic acids is 1. The molecule has 0 saturated heterocycles. The highest BCUT2D eigenvalue weighted by molar-refractivity contribution is 7.89. The van der Waals surface area contributed by atoms with E-state index in [2.05, 4.69) is 9.97 Å². The van der Waals surface area contributed by atoms with Gasteiger partial charge in [0.2, 0.25) is 0 Å². The van der Waals surface area contributed by atoms with E-state index in [1.165, 1.54) is 29.4 Å². The summed E-state index contributed by atoms with van der Waals surface area (Å²) in [6.45, 7) is 0. The SMILES string of the molecule is Cn1cnc(-c2cc(Cl)c(F)c(C(=O)NNS(=O)(=O)c3cscn3)c2)c1. The lowest BCUT2D eigenvalue weighted by atomic mass is 10.1. The molecule has 2 aromatic heterocycles. The molecule has 26 heavy (non-hydrogen) atoms. The fraction of sp³-hybridized carbons (Fsp3) is 0.0714. The van der Waals surface area contributed by atoms with Crippen LogP contribution in [0, 0.1) is 5.82 Å². The molecule has 0 radical (unpaired) electrons. The molecule has 12 heteroatoms. The first-order chi connectivity index (χ1) is 12.3. The minimum atomic E-state index is -4.06. The Labute approximate surface area is 156 Å². The molecule has 0 unspecified atom stereocenters. The molecule has 0 fully saturated rings. The molecule has 0 spiro atoms. The van der Waals surface area contributed by atoms with E-state index < -0.39 is 27.3 Å². The molecule has 8 nitrogen and oxygen atoms in total. The zero-order valence-corrected chi connectivity index (χ0v) is 15.5. The molecule has 136 valence electrons. The highest BCUT2D eigenvalue weighted by Gasteiger charge is 2.21. The number of benzene rings is 1. The van der Waals surface area contributed by atoms with Gasteiger partial charge in [-0.2, -0.15) is 0 Å². The number of thiazole rings is 1.